The fourth-order valence-electron chi connectivity index (χ4n) is 3.60. The SMILES string of the molecule is COC(=O)C(=O)[N+]1=C(C2=C(O)CCCC2=O)c2cc(OC)c(OC)cc2CC1. The number of Topliss-reactive ketones (excluding diaryl/α,β-unsaturated/α-hetero) is 1. The number of nitrogens with zero attached hydrogens (tertiary/aromatic N) is 1. The molecule has 0 fully saturated rings. The smallest absolute Gasteiger partial charge is 0.497 e. The first kappa shape index (κ1) is 19.6. The number of methoxy groups -OCH3 is 3. The fraction of sp³-hybridized carbons (Fsp3) is 0.400. The fourth-order valence-corrected chi connectivity index (χ4v) is 3.60. The van der Waals surface area contributed by atoms with Gasteiger partial charge in [0.1, 0.15) is 11.3 Å². The van der Waals surface area contributed by atoms with Crippen molar-refractivity contribution in [1.29, 1.82) is 0 Å². The molecular formula is C20H22NO7+. The number of aliphatic hydroxyl groups excluding tert-OH is 1. The molecule has 0 saturated carbocycles. The molecule has 2 aliphatic rings. The molecule has 8 heteroatoms. The van der Waals surface area contributed by atoms with Crippen LogP contribution in [0.2, 0.25) is 0 Å². The molecule has 1 aromatic carbocycles. The van der Waals surface area contributed by atoms with Gasteiger partial charge in [-0.05, 0) is 24.1 Å². The van der Waals surface area contributed by atoms with Crippen molar-refractivity contribution in [2.45, 2.75) is 25.7 Å². The Balaban J connectivity index is 2.32. The molecule has 1 aromatic rings. The van der Waals surface area contributed by atoms with Crippen LogP contribution in [0.5, 0.6) is 11.5 Å². The molecule has 0 radical (unpaired) electrons. The van der Waals surface area contributed by atoms with Gasteiger partial charge in [-0.25, -0.2) is 9.59 Å². The minimum Gasteiger partial charge on any atom is -0.511 e. The number of ether oxygens (including phenoxy) is 3. The van der Waals surface area contributed by atoms with Gasteiger partial charge in [0.05, 0.1) is 26.9 Å². The second-order valence-corrected chi connectivity index (χ2v) is 6.51. The van der Waals surface area contributed by atoms with Crippen molar-refractivity contribution in [1.82, 2.24) is 0 Å². The summed E-state index contributed by atoms with van der Waals surface area (Å²) in [5.41, 5.74) is 1.63. The Labute approximate surface area is 162 Å². The van der Waals surface area contributed by atoms with Gasteiger partial charge in [-0.15, -0.1) is 4.58 Å². The van der Waals surface area contributed by atoms with Crippen molar-refractivity contribution >= 4 is 23.4 Å². The molecule has 0 aromatic heterocycles. The summed E-state index contributed by atoms with van der Waals surface area (Å²) < 4.78 is 16.5. The van der Waals surface area contributed by atoms with Gasteiger partial charge in [0.25, 0.3) is 0 Å². The number of carbonyl (C=O) groups is 3. The van der Waals surface area contributed by atoms with Crippen LogP contribution in [0.15, 0.2) is 23.5 Å². The largest absolute Gasteiger partial charge is 0.511 e. The van der Waals surface area contributed by atoms with Crippen molar-refractivity contribution in [3.8, 4) is 11.5 Å². The topological polar surface area (TPSA) is 102 Å². The molecule has 1 heterocycles. The number of hydrogen-bond acceptors (Lipinski definition) is 7. The van der Waals surface area contributed by atoms with Crippen molar-refractivity contribution in [3.05, 3.63) is 34.6 Å². The summed E-state index contributed by atoms with van der Waals surface area (Å²) in [7, 11) is 4.12. The highest BCUT2D eigenvalue weighted by atomic mass is 16.5. The molecule has 1 N–H and O–H groups in total. The Hall–Kier alpha value is -3.16. The van der Waals surface area contributed by atoms with Crippen LogP contribution in [0, 0.1) is 0 Å². The number of ketones is 1. The summed E-state index contributed by atoms with van der Waals surface area (Å²) >= 11 is 0. The first-order chi connectivity index (χ1) is 13.4. The second-order valence-electron chi connectivity index (χ2n) is 6.51. The predicted octanol–water partition coefficient (Wildman–Crippen LogP) is 1.33. The minimum absolute atomic E-state index is 0.0664. The molecule has 28 heavy (non-hydrogen) atoms. The average molecular weight is 388 g/mol. The first-order valence-corrected chi connectivity index (χ1v) is 8.90. The summed E-state index contributed by atoms with van der Waals surface area (Å²) in [6, 6.07) is 3.43. The number of amides is 1. The van der Waals surface area contributed by atoms with Gasteiger partial charge in [0.15, 0.2) is 23.8 Å². The standard InChI is InChI=1S/C20H21NO7/c1-26-15-9-11-7-8-21(19(24)20(25)28-3)18(12(11)10-16(15)27-2)17-13(22)5-4-6-14(17)23/h9-10H,4-8H2,1-3H3/p+1. The zero-order valence-electron chi connectivity index (χ0n) is 16.0. The summed E-state index contributed by atoms with van der Waals surface area (Å²) in [6.07, 6.45) is 1.55. The normalized spacial score (nSPS) is 16.6. The molecule has 1 aliphatic carbocycles. The maximum Gasteiger partial charge on any atom is 0.497 e. The molecule has 0 unspecified atom stereocenters. The third-order valence-electron chi connectivity index (χ3n) is 4.97. The zero-order valence-corrected chi connectivity index (χ0v) is 16.0. The number of benzene rings is 1. The van der Waals surface area contributed by atoms with E-state index in [1.54, 1.807) is 12.1 Å². The van der Waals surface area contributed by atoms with Crippen molar-refractivity contribution in [2.75, 3.05) is 27.9 Å². The van der Waals surface area contributed by atoms with E-state index in [4.69, 9.17) is 9.47 Å². The highest BCUT2D eigenvalue weighted by Gasteiger charge is 2.42. The Morgan fingerprint density at radius 3 is 2.32 bits per heavy atom. The number of aliphatic hydroxyl groups is 1. The van der Waals surface area contributed by atoms with Crippen LogP contribution in [-0.2, 0) is 25.5 Å². The molecule has 0 spiro atoms. The van der Waals surface area contributed by atoms with E-state index < -0.39 is 11.9 Å². The van der Waals surface area contributed by atoms with Crippen molar-refractivity contribution in [2.24, 2.45) is 0 Å². The van der Waals surface area contributed by atoms with E-state index >= 15 is 0 Å². The Kier molecular flexibility index (Phi) is 5.48. The van der Waals surface area contributed by atoms with E-state index in [2.05, 4.69) is 4.74 Å². The van der Waals surface area contributed by atoms with Crippen LogP contribution < -0.4 is 9.47 Å². The van der Waals surface area contributed by atoms with Gasteiger partial charge in [0, 0.05) is 19.3 Å². The van der Waals surface area contributed by atoms with Gasteiger partial charge >= 0.3 is 11.9 Å². The van der Waals surface area contributed by atoms with E-state index in [-0.39, 0.29) is 35.8 Å². The lowest BCUT2D eigenvalue weighted by molar-refractivity contribution is -0.445. The minimum atomic E-state index is -1.04. The molecule has 0 saturated heterocycles. The second kappa shape index (κ2) is 7.84. The van der Waals surface area contributed by atoms with Crippen LogP contribution in [0.1, 0.15) is 30.4 Å². The first-order valence-electron chi connectivity index (χ1n) is 8.90. The Bertz CT molecular complexity index is 927. The summed E-state index contributed by atoms with van der Waals surface area (Å²) in [4.78, 5) is 37.2. The van der Waals surface area contributed by atoms with E-state index in [1.807, 2.05) is 0 Å². The van der Waals surface area contributed by atoms with E-state index in [0.29, 0.717) is 36.3 Å². The number of carbonyl (C=O) groups excluding carboxylic acids is 3. The summed E-state index contributed by atoms with van der Waals surface area (Å²) in [5, 5.41) is 10.5. The third-order valence-corrected chi connectivity index (χ3v) is 4.97. The summed E-state index contributed by atoms with van der Waals surface area (Å²) in [6.45, 7) is 0.163. The van der Waals surface area contributed by atoms with E-state index in [9.17, 15) is 19.5 Å². The Morgan fingerprint density at radius 1 is 1.04 bits per heavy atom. The maximum absolute atomic E-state index is 12.7. The molecule has 8 nitrogen and oxygen atoms in total. The quantitative estimate of drug-likeness (QED) is 0.473. The number of esters is 1. The molecular weight excluding hydrogens is 366 g/mol. The van der Waals surface area contributed by atoms with Gasteiger partial charge < -0.3 is 19.3 Å². The number of fused-ring (bicyclic) bond motifs is 1. The molecule has 148 valence electrons. The lowest BCUT2D eigenvalue weighted by Gasteiger charge is -2.22. The predicted molar refractivity (Wildman–Crippen MR) is 98.0 cm³/mol. The van der Waals surface area contributed by atoms with Crippen LogP contribution in [0.3, 0.4) is 0 Å². The average Bonchev–Trinajstić information content (AvgIpc) is 2.71. The molecule has 3 rings (SSSR count). The van der Waals surface area contributed by atoms with Crippen LogP contribution in [0.25, 0.3) is 0 Å². The monoisotopic (exact) mass is 388 g/mol. The van der Waals surface area contributed by atoms with E-state index in [1.165, 1.54) is 18.8 Å². The van der Waals surface area contributed by atoms with Crippen molar-refractivity contribution in [3.63, 3.8) is 0 Å². The zero-order chi connectivity index (χ0) is 20.4. The van der Waals surface area contributed by atoms with Crippen molar-refractivity contribution < 1.29 is 38.3 Å². The summed E-state index contributed by atoms with van der Waals surface area (Å²) in [5.74, 6) is -1.36. The lowest BCUT2D eigenvalue weighted by atomic mass is 9.85. The van der Waals surface area contributed by atoms with Gasteiger partial charge in [-0.1, -0.05) is 0 Å². The van der Waals surface area contributed by atoms with Crippen LogP contribution in [0.4, 0.5) is 0 Å². The highest BCUT2D eigenvalue weighted by molar-refractivity contribution is 6.34. The number of rotatable bonds is 3. The molecule has 0 bridgehead atoms. The third kappa shape index (κ3) is 3.26. The van der Waals surface area contributed by atoms with Gasteiger partial charge in [-0.3, -0.25) is 4.79 Å². The lowest BCUT2D eigenvalue weighted by Crippen LogP contribution is -2.41. The van der Waals surface area contributed by atoms with Gasteiger partial charge in [-0.2, -0.15) is 0 Å². The van der Waals surface area contributed by atoms with Gasteiger partial charge in [0.2, 0.25) is 5.71 Å². The Morgan fingerprint density at radius 2 is 1.71 bits per heavy atom. The van der Waals surface area contributed by atoms with Crippen LogP contribution in [-0.4, -0.2) is 60.9 Å². The number of hydrogen-bond donors (Lipinski definition) is 1. The van der Waals surface area contributed by atoms with E-state index in [0.717, 1.165) is 12.7 Å². The molecule has 1 aliphatic heterocycles. The maximum atomic E-state index is 12.7. The molecule has 1 amide bonds. The van der Waals surface area contributed by atoms with Crippen LogP contribution >= 0.6 is 0 Å². The number of allylic oxidation sites excluding steroid dienone is 2. The highest BCUT2D eigenvalue weighted by Crippen LogP contribution is 2.35. The molecule has 0 atom stereocenters.